The highest BCUT2D eigenvalue weighted by atomic mass is 35.5. The topological polar surface area (TPSA) is 67.2 Å². The quantitative estimate of drug-likeness (QED) is 0.796. The molecule has 0 spiro atoms. The number of amides is 1. The van der Waals surface area contributed by atoms with E-state index in [-0.39, 0.29) is 11.9 Å². The van der Waals surface area contributed by atoms with Crippen molar-refractivity contribution in [2.24, 2.45) is 5.92 Å². The van der Waals surface area contributed by atoms with Gasteiger partial charge in [0.15, 0.2) is 0 Å². The lowest BCUT2D eigenvalue weighted by Crippen LogP contribution is -2.39. The smallest absolute Gasteiger partial charge is 0.220 e. The molecule has 25 heavy (non-hydrogen) atoms. The van der Waals surface area contributed by atoms with Crippen LogP contribution in [0.5, 0.6) is 0 Å². The van der Waals surface area contributed by atoms with Crippen molar-refractivity contribution in [2.45, 2.75) is 50.8 Å². The molecule has 1 aliphatic rings. The van der Waals surface area contributed by atoms with Gasteiger partial charge in [-0.25, -0.2) is 0 Å². The standard InChI is InChI=1S/C19H24ClN3O2/c20-16-7-2-1-5-15(16)6-3-8-19(25)22-17-11-14(12-18(17)24)13-23-10-4-9-21-23/h1-2,4-5,7,9-10,14,17-18,24H,3,6,8,11-13H2,(H,22,25)/t14?,17-,18-/m1/s1. The highest BCUT2D eigenvalue weighted by molar-refractivity contribution is 6.31. The van der Waals surface area contributed by atoms with Gasteiger partial charge in [-0.2, -0.15) is 5.10 Å². The first-order valence-electron chi connectivity index (χ1n) is 8.80. The summed E-state index contributed by atoms with van der Waals surface area (Å²) >= 11 is 6.13. The third-order valence-electron chi connectivity index (χ3n) is 4.79. The van der Waals surface area contributed by atoms with Gasteiger partial charge in [-0.15, -0.1) is 0 Å². The van der Waals surface area contributed by atoms with Crippen molar-refractivity contribution in [1.82, 2.24) is 15.1 Å². The SMILES string of the molecule is O=C(CCCc1ccccc1Cl)N[C@@H]1CC(Cn2cccn2)C[C@H]1O. The zero-order valence-electron chi connectivity index (χ0n) is 14.1. The van der Waals surface area contributed by atoms with E-state index >= 15 is 0 Å². The van der Waals surface area contributed by atoms with Gasteiger partial charge in [0.05, 0.1) is 12.1 Å². The first kappa shape index (κ1) is 18.0. The van der Waals surface area contributed by atoms with Gasteiger partial charge in [-0.1, -0.05) is 29.8 Å². The van der Waals surface area contributed by atoms with Crippen LogP contribution >= 0.6 is 11.6 Å². The Morgan fingerprint density at radius 2 is 2.16 bits per heavy atom. The lowest BCUT2D eigenvalue weighted by Gasteiger charge is -2.16. The normalized spacial score (nSPS) is 22.9. The maximum Gasteiger partial charge on any atom is 0.220 e. The summed E-state index contributed by atoms with van der Waals surface area (Å²) in [4.78, 5) is 12.2. The number of aromatic nitrogens is 2. The Morgan fingerprint density at radius 3 is 2.92 bits per heavy atom. The summed E-state index contributed by atoms with van der Waals surface area (Å²) < 4.78 is 1.88. The number of hydrogen-bond donors (Lipinski definition) is 2. The Balaban J connectivity index is 1.41. The van der Waals surface area contributed by atoms with Gasteiger partial charge in [0.1, 0.15) is 0 Å². The largest absolute Gasteiger partial charge is 0.391 e. The molecule has 134 valence electrons. The minimum atomic E-state index is -0.479. The molecule has 3 rings (SSSR count). The number of benzene rings is 1. The fraction of sp³-hybridized carbons (Fsp3) is 0.474. The van der Waals surface area contributed by atoms with Crippen molar-refractivity contribution in [2.75, 3.05) is 0 Å². The second kappa shape index (κ2) is 8.50. The molecule has 2 aromatic rings. The Bertz CT molecular complexity index is 690. The van der Waals surface area contributed by atoms with E-state index in [9.17, 15) is 9.90 Å². The Kier molecular flexibility index (Phi) is 6.10. The first-order valence-corrected chi connectivity index (χ1v) is 9.18. The maximum absolute atomic E-state index is 12.2. The predicted molar refractivity (Wildman–Crippen MR) is 97.3 cm³/mol. The van der Waals surface area contributed by atoms with Crippen molar-refractivity contribution in [1.29, 1.82) is 0 Å². The van der Waals surface area contributed by atoms with Crippen molar-refractivity contribution in [3.05, 3.63) is 53.3 Å². The fourth-order valence-corrected chi connectivity index (χ4v) is 3.75. The molecule has 0 bridgehead atoms. The van der Waals surface area contributed by atoms with Crippen molar-refractivity contribution >= 4 is 17.5 Å². The summed E-state index contributed by atoms with van der Waals surface area (Å²) in [6.45, 7) is 0.781. The van der Waals surface area contributed by atoms with Gasteiger partial charge in [0.25, 0.3) is 0 Å². The molecular weight excluding hydrogens is 338 g/mol. The molecule has 1 heterocycles. The molecule has 1 saturated carbocycles. The van der Waals surface area contributed by atoms with Crippen LogP contribution in [0.2, 0.25) is 5.02 Å². The molecular formula is C19H24ClN3O2. The van der Waals surface area contributed by atoms with Crippen LogP contribution in [-0.4, -0.2) is 32.9 Å². The van der Waals surface area contributed by atoms with Gasteiger partial charge in [-0.05, 0) is 49.3 Å². The third-order valence-corrected chi connectivity index (χ3v) is 5.15. The number of aliphatic hydroxyl groups is 1. The highest BCUT2D eigenvalue weighted by Crippen LogP contribution is 2.27. The summed E-state index contributed by atoms with van der Waals surface area (Å²) in [5, 5.41) is 18.2. The summed E-state index contributed by atoms with van der Waals surface area (Å²) in [6, 6.07) is 9.44. The monoisotopic (exact) mass is 361 g/mol. The summed E-state index contributed by atoms with van der Waals surface area (Å²) in [5.41, 5.74) is 1.07. The van der Waals surface area contributed by atoms with Crippen molar-refractivity contribution < 1.29 is 9.90 Å². The molecule has 5 nitrogen and oxygen atoms in total. The molecule has 1 amide bonds. The molecule has 1 aliphatic carbocycles. The Morgan fingerprint density at radius 1 is 1.32 bits per heavy atom. The van der Waals surface area contributed by atoms with Crippen LogP contribution in [0, 0.1) is 5.92 Å². The number of halogens is 1. The molecule has 1 aromatic heterocycles. The Labute approximate surface area is 153 Å². The first-order chi connectivity index (χ1) is 12.1. The van der Waals surface area contributed by atoms with Gasteiger partial charge in [0, 0.05) is 30.4 Å². The lowest BCUT2D eigenvalue weighted by molar-refractivity contribution is -0.122. The van der Waals surface area contributed by atoms with Gasteiger partial charge in [0.2, 0.25) is 5.91 Å². The maximum atomic E-state index is 12.2. The lowest BCUT2D eigenvalue weighted by atomic mass is 10.1. The van der Waals surface area contributed by atoms with E-state index in [0.717, 1.165) is 36.4 Å². The summed E-state index contributed by atoms with van der Waals surface area (Å²) in [6.07, 6.45) is 6.65. The molecule has 1 aromatic carbocycles. The van der Waals surface area contributed by atoms with Crippen LogP contribution in [-0.2, 0) is 17.8 Å². The summed E-state index contributed by atoms with van der Waals surface area (Å²) in [5.74, 6) is 0.333. The molecule has 2 N–H and O–H groups in total. The van der Waals surface area contributed by atoms with Crippen LogP contribution in [0.1, 0.15) is 31.2 Å². The molecule has 3 atom stereocenters. The van der Waals surface area contributed by atoms with Gasteiger partial charge >= 0.3 is 0 Å². The fourth-order valence-electron chi connectivity index (χ4n) is 3.51. The number of aryl methyl sites for hydroxylation is 1. The second-order valence-corrected chi connectivity index (χ2v) is 7.16. The van der Waals surface area contributed by atoms with Crippen LogP contribution in [0.15, 0.2) is 42.7 Å². The zero-order valence-corrected chi connectivity index (χ0v) is 14.9. The van der Waals surface area contributed by atoms with Crippen LogP contribution in [0.4, 0.5) is 0 Å². The predicted octanol–water partition coefficient (Wildman–Crippen LogP) is 2.82. The minimum absolute atomic E-state index is 0.00385. The number of rotatable bonds is 7. The number of carbonyl (C=O) groups is 1. The molecule has 1 fully saturated rings. The molecule has 0 aliphatic heterocycles. The van der Waals surface area contributed by atoms with Crippen molar-refractivity contribution in [3.8, 4) is 0 Å². The number of aliphatic hydroxyl groups excluding tert-OH is 1. The van der Waals surface area contributed by atoms with Gasteiger partial charge < -0.3 is 10.4 Å². The molecule has 0 radical (unpaired) electrons. The third kappa shape index (κ3) is 5.06. The molecule has 0 saturated heterocycles. The van der Waals surface area contributed by atoms with E-state index < -0.39 is 6.10 Å². The van der Waals surface area contributed by atoms with E-state index in [1.54, 1.807) is 6.20 Å². The average Bonchev–Trinajstić information content (AvgIpc) is 3.20. The zero-order chi connectivity index (χ0) is 17.6. The average molecular weight is 362 g/mol. The number of carbonyl (C=O) groups excluding carboxylic acids is 1. The van der Waals surface area contributed by atoms with Crippen LogP contribution in [0.3, 0.4) is 0 Å². The Hall–Kier alpha value is -1.85. The number of nitrogens with zero attached hydrogens (tertiary/aromatic N) is 2. The molecule has 1 unspecified atom stereocenters. The molecule has 6 heteroatoms. The van der Waals surface area contributed by atoms with E-state index in [1.807, 2.05) is 41.2 Å². The van der Waals surface area contributed by atoms with Crippen LogP contribution < -0.4 is 5.32 Å². The number of hydrogen-bond acceptors (Lipinski definition) is 3. The van der Waals surface area contributed by atoms with E-state index in [4.69, 9.17) is 11.6 Å². The van der Waals surface area contributed by atoms with Crippen molar-refractivity contribution in [3.63, 3.8) is 0 Å². The van der Waals surface area contributed by atoms with E-state index in [0.29, 0.717) is 18.8 Å². The minimum Gasteiger partial charge on any atom is -0.391 e. The van der Waals surface area contributed by atoms with E-state index in [1.165, 1.54) is 0 Å². The number of nitrogens with one attached hydrogen (secondary N) is 1. The summed E-state index contributed by atoms with van der Waals surface area (Å²) in [7, 11) is 0. The van der Waals surface area contributed by atoms with Crippen LogP contribution in [0.25, 0.3) is 0 Å². The van der Waals surface area contributed by atoms with Gasteiger partial charge in [-0.3, -0.25) is 9.48 Å². The van der Waals surface area contributed by atoms with E-state index in [2.05, 4.69) is 10.4 Å². The second-order valence-electron chi connectivity index (χ2n) is 6.75. The highest BCUT2D eigenvalue weighted by Gasteiger charge is 2.33.